The number of rotatable bonds is 6. The Morgan fingerprint density at radius 1 is 1.11 bits per heavy atom. The maximum Gasteiger partial charge on any atom is 0.247 e. The molecule has 1 aliphatic heterocycles. The van der Waals surface area contributed by atoms with Crippen LogP contribution in [0.1, 0.15) is 0 Å². The van der Waals surface area contributed by atoms with Gasteiger partial charge in [-0.15, -0.1) is 0 Å². The van der Waals surface area contributed by atoms with Gasteiger partial charge in [-0.3, -0.25) is 9.89 Å². The van der Waals surface area contributed by atoms with Gasteiger partial charge in [-0.2, -0.15) is 10.1 Å². The van der Waals surface area contributed by atoms with Crippen LogP contribution >= 0.6 is 11.6 Å². The van der Waals surface area contributed by atoms with Gasteiger partial charge in [0.2, 0.25) is 11.9 Å². The molecule has 9 nitrogen and oxygen atoms in total. The standard InChI is InChI=1S/C25H25ClN8O/c1-3-22(35)28-19-12-16(11-17(26)13-19)23-21-15-27-32-24(21)31-25(30-23)29-18-5-4-6-20(14-18)34-9-7-33(2)8-10-34/h3-6,11-15H,1,7-10H2,2H3,(H,28,35)(H2,27,29,30,31,32). The van der Waals surface area contributed by atoms with Crippen molar-refractivity contribution in [2.75, 3.05) is 48.8 Å². The van der Waals surface area contributed by atoms with Crippen molar-refractivity contribution in [3.8, 4) is 11.3 Å². The SMILES string of the molecule is C=CC(=O)Nc1cc(Cl)cc(-c2nc(Nc3cccc(N4CCN(C)CC4)c3)nc3[nH]ncc23)c1. The number of likely N-dealkylation sites (N-methyl/N-ethyl adjacent to an activating group) is 1. The minimum Gasteiger partial charge on any atom is -0.369 e. The Morgan fingerprint density at radius 2 is 1.94 bits per heavy atom. The molecule has 178 valence electrons. The van der Waals surface area contributed by atoms with Crippen molar-refractivity contribution in [3.63, 3.8) is 0 Å². The number of hydrogen-bond acceptors (Lipinski definition) is 7. The third-order valence-electron chi connectivity index (χ3n) is 5.90. The number of nitrogens with one attached hydrogen (secondary N) is 3. The predicted octanol–water partition coefficient (Wildman–Crippen LogP) is 4.29. The quantitative estimate of drug-likeness (QED) is 0.348. The Kier molecular flexibility index (Phi) is 6.35. The van der Waals surface area contributed by atoms with Crippen molar-refractivity contribution in [3.05, 3.63) is 66.3 Å². The van der Waals surface area contributed by atoms with Crippen LogP contribution in [0.25, 0.3) is 22.3 Å². The molecule has 1 fully saturated rings. The smallest absolute Gasteiger partial charge is 0.247 e. The molecule has 1 aliphatic rings. The molecule has 0 saturated carbocycles. The normalized spacial score (nSPS) is 14.2. The molecule has 10 heteroatoms. The highest BCUT2D eigenvalue weighted by atomic mass is 35.5. The zero-order chi connectivity index (χ0) is 24.4. The summed E-state index contributed by atoms with van der Waals surface area (Å²) in [5.41, 5.74) is 4.53. The van der Waals surface area contributed by atoms with E-state index in [4.69, 9.17) is 16.6 Å². The van der Waals surface area contributed by atoms with E-state index in [0.717, 1.165) is 48.5 Å². The minimum absolute atomic E-state index is 0.322. The van der Waals surface area contributed by atoms with Crippen LogP contribution in [0.5, 0.6) is 0 Å². The molecule has 0 atom stereocenters. The number of aromatic amines is 1. The number of benzene rings is 2. The van der Waals surface area contributed by atoms with E-state index < -0.39 is 0 Å². The van der Waals surface area contributed by atoms with E-state index in [2.05, 4.69) is 61.4 Å². The van der Waals surface area contributed by atoms with Gasteiger partial charge < -0.3 is 20.4 Å². The number of nitrogens with zero attached hydrogens (tertiary/aromatic N) is 5. The Hall–Kier alpha value is -3.95. The van der Waals surface area contributed by atoms with Gasteiger partial charge in [-0.25, -0.2) is 4.98 Å². The van der Waals surface area contributed by atoms with Crippen LogP contribution in [-0.4, -0.2) is 64.2 Å². The molecule has 0 bridgehead atoms. The van der Waals surface area contributed by atoms with Gasteiger partial charge >= 0.3 is 0 Å². The van der Waals surface area contributed by atoms with E-state index >= 15 is 0 Å². The number of fused-ring (bicyclic) bond motifs is 1. The van der Waals surface area contributed by atoms with Gasteiger partial charge in [-0.05, 0) is 49.5 Å². The molecule has 0 aliphatic carbocycles. The first kappa shape index (κ1) is 22.8. The third kappa shape index (κ3) is 5.11. The molecule has 5 rings (SSSR count). The fourth-order valence-electron chi connectivity index (χ4n) is 4.08. The van der Waals surface area contributed by atoms with Gasteiger partial charge in [0, 0.05) is 53.8 Å². The molecular weight excluding hydrogens is 464 g/mol. The number of amides is 1. The first-order valence-electron chi connectivity index (χ1n) is 11.2. The number of carbonyl (C=O) groups excluding carboxylic acids is 1. The largest absolute Gasteiger partial charge is 0.369 e. The Labute approximate surface area is 207 Å². The van der Waals surface area contributed by atoms with Crippen LogP contribution in [0, 0.1) is 0 Å². The summed E-state index contributed by atoms with van der Waals surface area (Å²) in [5, 5.41) is 14.3. The summed E-state index contributed by atoms with van der Waals surface area (Å²) in [7, 11) is 2.14. The van der Waals surface area contributed by atoms with Crippen LogP contribution in [0.15, 0.2) is 61.3 Å². The number of H-pyrrole nitrogens is 1. The average molecular weight is 489 g/mol. The van der Waals surface area contributed by atoms with Gasteiger partial charge in [0.25, 0.3) is 0 Å². The molecule has 4 aromatic rings. The first-order chi connectivity index (χ1) is 17.0. The van der Waals surface area contributed by atoms with Gasteiger partial charge in [0.05, 0.1) is 17.3 Å². The lowest BCUT2D eigenvalue weighted by Crippen LogP contribution is -2.44. The third-order valence-corrected chi connectivity index (χ3v) is 6.12. The zero-order valence-electron chi connectivity index (χ0n) is 19.3. The lowest BCUT2D eigenvalue weighted by atomic mass is 10.1. The minimum atomic E-state index is -0.322. The number of piperazine rings is 1. The van der Waals surface area contributed by atoms with E-state index in [9.17, 15) is 4.79 Å². The van der Waals surface area contributed by atoms with Crippen LogP contribution in [0.3, 0.4) is 0 Å². The van der Waals surface area contributed by atoms with E-state index in [1.807, 2.05) is 12.1 Å². The monoisotopic (exact) mass is 488 g/mol. The van der Waals surface area contributed by atoms with Crippen LogP contribution < -0.4 is 15.5 Å². The Morgan fingerprint density at radius 3 is 2.74 bits per heavy atom. The lowest BCUT2D eigenvalue weighted by Gasteiger charge is -2.34. The summed E-state index contributed by atoms with van der Waals surface area (Å²) >= 11 is 6.35. The second kappa shape index (κ2) is 9.73. The topological polar surface area (TPSA) is 102 Å². The second-order valence-corrected chi connectivity index (χ2v) is 8.85. The fraction of sp³-hybridized carbons (Fsp3) is 0.200. The highest BCUT2D eigenvalue weighted by Crippen LogP contribution is 2.32. The van der Waals surface area contributed by atoms with E-state index in [1.165, 1.54) is 6.08 Å². The summed E-state index contributed by atoms with van der Waals surface area (Å²) in [6.07, 6.45) is 2.88. The molecule has 1 amide bonds. The molecule has 0 spiro atoms. The van der Waals surface area contributed by atoms with Crippen molar-refractivity contribution in [2.24, 2.45) is 0 Å². The number of halogens is 1. The molecule has 3 N–H and O–H groups in total. The molecule has 2 aromatic carbocycles. The summed E-state index contributed by atoms with van der Waals surface area (Å²) < 4.78 is 0. The summed E-state index contributed by atoms with van der Waals surface area (Å²) in [6, 6.07) is 13.5. The highest BCUT2D eigenvalue weighted by Gasteiger charge is 2.16. The van der Waals surface area contributed by atoms with Gasteiger partial charge in [0.1, 0.15) is 0 Å². The molecule has 35 heavy (non-hydrogen) atoms. The predicted molar refractivity (Wildman–Crippen MR) is 140 cm³/mol. The number of carbonyl (C=O) groups is 1. The fourth-order valence-corrected chi connectivity index (χ4v) is 4.31. The maximum atomic E-state index is 11.8. The molecule has 3 heterocycles. The molecular formula is C25H25ClN8O. The van der Waals surface area contributed by atoms with Crippen LogP contribution in [0.4, 0.5) is 23.0 Å². The molecule has 1 saturated heterocycles. The van der Waals surface area contributed by atoms with Gasteiger partial charge in [-0.1, -0.05) is 24.2 Å². The van der Waals surface area contributed by atoms with Crippen molar-refractivity contribution >= 4 is 51.6 Å². The van der Waals surface area contributed by atoms with E-state index in [1.54, 1.807) is 24.4 Å². The lowest BCUT2D eigenvalue weighted by molar-refractivity contribution is -0.111. The second-order valence-electron chi connectivity index (χ2n) is 8.42. The summed E-state index contributed by atoms with van der Waals surface area (Å²) in [5.74, 6) is 0.0980. The van der Waals surface area contributed by atoms with Crippen molar-refractivity contribution in [1.82, 2.24) is 25.1 Å². The van der Waals surface area contributed by atoms with E-state index in [0.29, 0.717) is 28.0 Å². The first-order valence-corrected chi connectivity index (χ1v) is 11.6. The summed E-state index contributed by atoms with van der Waals surface area (Å²) in [6.45, 7) is 7.54. The molecule has 0 unspecified atom stereocenters. The Bertz CT molecular complexity index is 1390. The summed E-state index contributed by atoms with van der Waals surface area (Å²) in [4.78, 5) is 25.9. The number of anilines is 4. The molecule has 2 aromatic heterocycles. The van der Waals surface area contributed by atoms with Crippen molar-refractivity contribution < 1.29 is 4.79 Å². The number of hydrogen-bond donors (Lipinski definition) is 3. The number of aromatic nitrogens is 4. The molecule has 0 radical (unpaired) electrons. The maximum absolute atomic E-state index is 11.8. The van der Waals surface area contributed by atoms with E-state index in [-0.39, 0.29) is 5.91 Å². The van der Waals surface area contributed by atoms with Crippen molar-refractivity contribution in [1.29, 1.82) is 0 Å². The van der Waals surface area contributed by atoms with Crippen LogP contribution in [-0.2, 0) is 4.79 Å². The average Bonchev–Trinajstić information content (AvgIpc) is 3.32. The van der Waals surface area contributed by atoms with Crippen LogP contribution in [0.2, 0.25) is 5.02 Å². The van der Waals surface area contributed by atoms with Gasteiger partial charge in [0.15, 0.2) is 5.65 Å². The highest BCUT2D eigenvalue weighted by molar-refractivity contribution is 6.31. The van der Waals surface area contributed by atoms with Crippen molar-refractivity contribution in [2.45, 2.75) is 0 Å². The Balaban J connectivity index is 1.48. The zero-order valence-corrected chi connectivity index (χ0v) is 20.0.